The molecule has 0 atom stereocenters. The Balaban J connectivity index is 0.00000160. The maximum absolute atomic E-state index is 6.24. The zero-order valence-corrected chi connectivity index (χ0v) is 19.5. The molecule has 3 aromatic rings. The molecule has 0 unspecified atom stereocenters. The SMILES string of the molecule is Cc1ccc(-c2ccc(CNC3CCN(Cc4ccccc4)CC3)o2)cc1Cl.Cl.Cl. The molecule has 4 rings (SSSR count). The highest BCUT2D eigenvalue weighted by molar-refractivity contribution is 6.31. The van der Waals surface area contributed by atoms with Crippen molar-refractivity contribution >= 4 is 36.4 Å². The summed E-state index contributed by atoms with van der Waals surface area (Å²) in [6.45, 7) is 6.10. The molecular formula is C24H29Cl3N2O. The Hall–Kier alpha value is -1.49. The quantitative estimate of drug-likeness (QED) is 0.448. The van der Waals surface area contributed by atoms with Gasteiger partial charge in [-0.25, -0.2) is 0 Å². The van der Waals surface area contributed by atoms with Crippen LogP contribution in [0, 0.1) is 6.92 Å². The average Bonchev–Trinajstić information content (AvgIpc) is 3.19. The first-order valence-corrected chi connectivity index (χ1v) is 10.4. The second-order valence-electron chi connectivity index (χ2n) is 7.65. The minimum Gasteiger partial charge on any atom is -0.460 e. The Morgan fingerprint density at radius 2 is 1.73 bits per heavy atom. The van der Waals surface area contributed by atoms with E-state index in [9.17, 15) is 0 Å². The Morgan fingerprint density at radius 3 is 2.43 bits per heavy atom. The summed E-state index contributed by atoms with van der Waals surface area (Å²) in [4.78, 5) is 2.54. The zero-order valence-electron chi connectivity index (χ0n) is 17.1. The van der Waals surface area contributed by atoms with E-state index in [0.29, 0.717) is 6.04 Å². The number of piperidine rings is 1. The second kappa shape index (κ2) is 11.8. The monoisotopic (exact) mass is 466 g/mol. The number of nitrogens with one attached hydrogen (secondary N) is 1. The van der Waals surface area contributed by atoms with E-state index in [1.165, 1.54) is 18.4 Å². The Morgan fingerprint density at radius 1 is 1.00 bits per heavy atom. The smallest absolute Gasteiger partial charge is 0.134 e. The van der Waals surface area contributed by atoms with Crippen molar-refractivity contribution < 1.29 is 4.42 Å². The Bertz CT molecular complexity index is 906. The summed E-state index contributed by atoms with van der Waals surface area (Å²) in [6.07, 6.45) is 2.35. The molecule has 2 heterocycles. The third-order valence-electron chi connectivity index (χ3n) is 5.52. The molecule has 0 aliphatic carbocycles. The first-order valence-electron chi connectivity index (χ1n) is 10.0. The summed E-state index contributed by atoms with van der Waals surface area (Å²) >= 11 is 6.24. The van der Waals surface area contributed by atoms with Crippen LogP contribution in [0.3, 0.4) is 0 Å². The highest BCUT2D eigenvalue weighted by Gasteiger charge is 2.19. The molecule has 1 N–H and O–H groups in total. The standard InChI is InChI=1S/C24H27ClN2O.2ClH/c1-18-7-8-20(15-23(18)25)24-10-9-22(28-24)16-26-21-11-13-27(14-12-21)17-19-5-3-2-4-6-19;;/h2-10,15,21,26H,11-14,16-17H2,1H3;2*1H. The molecule has 1 fully saturated rings. The van der Waals surface area contributed by atoms with Crippen molar-refractivity contribution in [2.24, 2.45) is 0 Å². The van der Waals surface area contributed by atoms with Crippen LogP contribution in [0.1, 0.15) is 29.7 Å². The highest BCUT2D eigenvalue weighted by atomic mass is 35.5. The number of likely N-dealkylation sites (tertiary alicyclic amines) is 1. The van der Waals surface area contributed by atoms with Gasteiger partial charge in [0.2, 0.25) is 0 Å². The fraction of sp³-hybridized carbons (Fsp3) is 0.333. The van der Waals surface area contributed by atoms with Crippen LogP contribution in [0.2, 0.25) is 5.02 Å². The molecule has 6 heteroatoms. The first kappa shape index (κ1) is 24.8. The van der Waals surface area contributed by atoms with Crippen LogP contribution in [0.4, 0.5) is 0 Å². The predicted octanol–water partition coefficient (Wildman–Crippen LogP) is 6.51. The summed E-state index contributed by atoms with van der Waals surface area (Å²) in [6, 6.07) is 21.4. The molecule has 1 saturated heterocycles. The first-order chi connectivity index (χ1) is 13.7. The number of hydrogen-bond acceptors (Lipinski definition) is 3. The second-order valence-corrected chi connectivity index (χ2v) is 8.05. The summed E-state index contributed by atoms with van der Waals surface area (Å²) in [5, 5.41) is 4.44. The van der Waals surface area contributed by atoms with Gasteiger partial charge in [-0.1, -0.05) is 54.1 Å². The molecule has 0 saturated carbocycles. The van der Waals surface area contributed by atoms with Crippen molar-refractivity contribution in [3.05, 3.63) is 82.6 Å². The molecule has 0 spiro atoms. The number of hydrogen-bond donors (Lipinski definition) is 1. The zero-order chi connectivity index (χ0) is 19.3. The van der Waals surface area contributed by atoms with Crippen LogP contribution in [-0.2, 0) is 13.1 Å². The van der Waals surface area contributed by atoms with Gasteiger partial charge in [0, 0.05) is 23.2 Å². The van der Waals surface area contributed by atoms with Crippen LogP contribution in [0.15, 0.2) is 65.1 Å². The topological polar surface area (TPSA) is 28.4 Å². The summed E-state index contributed by atoms with van der Waals surface area (Å²) in [5.41, 5.74) is 3.50. The molecular weight excluding hydrogens is 439 g/mol. The maximum atomic E-state index is 6.24. The van der Waals surface area contributed by atoms with Crippen LogP contribution < -0.4 is 5.32 Å². The molecule has 0 radical (unpaired) electrons. The van der Waals surface area contributed by atoms with E-state index in [4.69, 9.17) is 16.0 Å². The highest BCUT2D eigenvalue weighted by Crippen LogP contribution is 2.27. The van der Waals surface area contributed by atoms with Gasteiger partial charge < -0.3 is 9.73 Å². The Kier molecular flexibility index (Phi) is 9.73. The Labute approximate surface area is 196 Å². The molecule has 30 heavy (non-hydrogen) atoms. The van der Waals surface area contributed by atoms with Gasteiger partial charge in [0.25, 0.3) is 0 Å². The van der Waals surface area contributed by atoms with E-state index in [2.05, 4.69) is 52.7 Å². The summed E-state index contributed by atoms with van der Waals surface area (Å²) in [5.74, 6) is 1.84. The van der Waals surface area contributed by atoms with Crippen LogP contribution in [-0.4, -0.2) is 24.0 Å². The summed E-state index contributed by atoms with van der Waals surface area (Å²) < 4.78 is 6.02. The third-order valence-corrected chi connectivity index (χ3v) is 5.93. The lowest BCUT2D eigenvalue weighted by Gasteiger charge is -2.32. The van der Waals surface area contributed by atoms with Crippen molar-refractivity contribution in [2.75, 3.05) is 13.1 Å². The number of furan rings is 1. The van der Waals surface area contributed by atoms with E-state index in [0.717, 1.165) is 53.8 Å². The minimum atomic E-state index is 0. The summed E-state index contributed by atoms with van der Waals surface area (Å²) in [7, 11) is 0. The molecule has 1 aliphatic rings. The van der Waals surface area contributed by atoms with Crippen LogP contribution in [0.5, 0.6) is 0 Å². The van der Waals surface area contributed by atoms with Crippen LogP contribution in [0.25, 0.3) is 11.3 Å². The third kappa shape index (κ3) is 6.50. The van der Waals surface area contributed by atoms with E-state index in [1.54, 1.807) is 0 Å². The van der Waals surface area contributed by atoms with Crippen molar-refractivity contribution in [1.82, 2.24) is 10.2 Å². The number of rotatable bonds is 6. The molecule has 1 aromatic heterocycles. The van der Waals surface area contributed by atoms with Crippen molar-refractivity contribution in [2.45, 2.75) is 38.9 Å². The fourth-order valence-electron chi connectivity index (χ4n) is 3.76. The molecule has 2 aromatic carbocycles. The molecule has 1 aliphatic heterocycles. The van der Waals surface area contributed by atoms with E-state index >= 15 is 0 Å². The maximum Gasteiger partial charge on any atom is 0.134 e. The van der Waals surface area contributed by atoms with Gasteiger partial charge in [-0.3, -0.25) is 4.90 Å². The predicted molar refractivity (Wildman–Crippen MR) is 130 cm³/mol. The van der Waals surface area contributed by atoms with Crippen LogP contribution >= 0.6 is 36.4 Å². The lowest BCUT2D eigenvalue weighted by Crippen LogP contribution is -2.41. The molecule has 0 amide bonds. The van der Waals surface area contributed by atoms with E-state index < -0.39 is 0 Å². The lowest BCUT2D eigenvalue weighted by molar-refractivity contribution is 0.189. The van der Waals surface area contributed by atoms with Crippen molar-refractivity contribution in [3.63, 3.8) is 0 Å². The van der Waals surface area contributed by atoms with Crippen molar-refractivity contribution in [3.8, 4) is 11.3 Å². The number of halogens is 3. The lowest BCUT2D eigenvalue weighted by atomic mass is 10.0. The minimum absolute atomic E-state index is 0. The van der Waals surface area contributed by atoms with Gasteiger partial charge in [-0.15, -0.1) is 24.8 Å². The average molecular weight is 468 g/mol. The molecule has 3 nitrogen and oxygen atoms in total. The molecule has 0 bridgehead atoms. The van der Waals surface area contributed by atoms with E-state index in [-0.39, 0.29) is 24.8 Å². The molecule has 162 valence electrons. The normalized spacial score (nSPS) is 14.7. The fourth-order valence-corrected chi connectivity index (χ4v) is 3.94. The number of benzene rings is 2. The van der Waals surface area contributed by atoms with Gasteiger partial charge in [0.15, 0.2) is 0 Å². The van der Waals surface area contributed by atoms with E-state index in [1.807, 2.05) is 25.1 Å². The number of nitrogens with zero attached hydrogens (tertiary/aromatic N) is 1. The number of aryl methyl sites for hydroxylation is 1. The largest absolute Gasteiger partial charge is 0.460 e. The van der Waals surface area contributed by atoms with Gasteiger partial charge in [0.05, 0.1) is 6.54 Å². The van der Waals surface area contributed by atoms with Gasteiger partial charge in [-0.2, -0.15) is 0 Å². The van der Waals surface area contributed by atoms with Gasteiger partial charge >= 0.3 is 0 Å². The van der Waals surface area contributed by atoms with Gasteiger partial charge in [0.1, 0.15) is 11.5 Å². The van der Waals surface area contributed by atoms with Crippen molar-refractivity contribution in [1.29, 1.82) is 0 Å². The van der Waals surface area contributed by atoms with Gasteiger partial charge in [-0.05, 0) is 62.2 Å².